The van der Waals surface area contributed by atoms with Crippen LogP contribution in [0.25, 0.3) is 0 Å². The number of likely N-dealkylation sites (tertiary alicyclic amines) is 1. The van der Waals surface area contributed by atoms with E-state index in [1.165, 1.54) is 5.56 Å². The van der Waals surface area contributed by atoms with Crippen LogP contribution in [0.3, 0.4) is 0 Å². The number of benzene rings is 2. The molecule has 1 fully saturated rings. The first-order chi connectivity index (χ1) is 13.5. The molecular weight excluding hydrogens is 350 g/mol. The number of anilines is 1. The molecule has 2 aromatic rings. The minimum atomic E-state index is -0.191. The Hall–Kier alpha value is -2.66. The van der Waals surface area contributed by atoms with Crippen LogP contribution in [0.5, 0.6) is 0 Å². The van der Waals surface area contributed by atoms with E-state index in [0.29, 0.717) is 6.54 Å². The average Bonchev–Trinajstić information content (AvgIpc) is 2.73. The number of hydrogen-bond acceptors (Lipinski definition) is 3. The van der Waals surface area contributed by atoms with E-state index < -0.39 is 0 Å². The van der Waals surface area contributed by atoms with Gasteiger partial charge in [0, 0.05) is 18.2 Å². The van der Waals surface area contributed by atoms with Crippen molar-refractivity contribution in [3.8, 4) is 0 Å². The highest BCUT2D eigenvalue weighted by Gasteiger charge is 2.29. The quantitative estimate of drug-likeness (QED) is 0.809. The second-order valence-electron chi connectivity index (χ2n) is 7.54. The smallest absolute Gasteiger partial charge is 0.237 e. The Bertz CT molecular complexity index is 781. The number of piperidine rings is 1. The molecule has 1 aliphatic heterocycles. The minimum absolute atomic E-state index is 0.000671. The zero-order chi connectivity index (χ0) is 19.9. The first-order valence-electron chi connectivity index (χ1n) is 9.96. The third-order valence-corrected chi connectivity index (χ3v) is 5.46. The normalized spacial score (nSPS) is 16.4. The maximum absolute atomic E-state index is 12.5. The average molecular weight is 380 g/mol. The second-order valence-corrected chi connectivity index (χ2v) is 7.54. The number of carbonyl (C=O) groups is 2. The van der Waals surface area contributed by atoms with Crippen LogP contribution in [0.4, 0.5) is 5.69 Å². The Balaban J connectivity index is 1.43. The maximum Gasteiger partial charge on any atom is 0.237 e. The summed E-state index contributed by atoms with van der Waals surface area (Å²) in [5.74, 6) is 0.106. The van der Waals surface area contributed by atoms with E-state index in [0.717, 1.165) is 37.2 Å². The van der Waals surface area contributed by atoms with Crippen molar-refractivity contribution in [2.24, 2.45) is 5.92 Å². The fourth-order valence-corrected chi connectivity index (χ4v) is 3.52. The van der Waals surface area contributed by atoms with E-state index in [4.69, 9.17) is 0 Å². The first-order valence-corrected chi connectivity index (χ1v) is 9.96. The van der Waals surface area contributed by atoms with E-state index in [1.54, 1.807) is 0 Å². The molecule has 5 heteroatoms. The number of carbonyl (C=O) groups excluding carboxylic acids is 2. The summed E-state index contributed by atoms with van der Waals surface area (Å²) < 4.78 is 0. The van der Waals surface area contributed by atoms with Crippen molar-refractivity contribution in [2.75, 3.05) is 18.4 Å². The van der Waals surface area contributed by atoms with E-state index in [1.807, 2.05) is 56.3 Å². The Kier molecular flexibility index (Phi) is 6.82. The predicted octanol–water partition coefficient (Wildman–Crippen LogP) is 3.35. The SMILES string of the molecule is Cc1ccc(CNC(=O)[C@H](C)N2CCC(C(=O)Nc3ccccc3)CC2)cc1. The second kappa shape index (κ2) is 9.51. The maximum atomic E-state index is 12.5. The summed E-state index contributed by atoms with van der Waals surface area (Å²) in [5, 5.41) is 6.01. The molecule has 1 saturated heterocycles. The highest BCUT2D eigenvalue weighted by atomic mass is 16.2. The van der Waals surface area contributed by atoms with Crippen LogP contribution in [0.15, 0.2) is 54.6 Å². The molecule has 28 heavy (non-hydrogen) atoms. The molecule has 148 valence electrons. The summed E-state index contributed by atoms with van der Waals surface area (Å²) >= 11 is 0. The molecule has 0 unspecified atom stereocenters. The van der Waals surface area contributed by atoms with Gasteiger partial charge in [-0.2, -0.15) is 0 Å². The number of nitrogens with one attached hydrogen (secondary N) is 2. The zero-order valence-corrected chi connectivity index (χ0v) is 16.7. The zero-order valence-electron chi connectivity index (χ0n) is 16.7. The van der Waals surface area contributed by atoms with Gasteiger partial charge in [-0.05, 0) is 57.5 Å². The summed E-state index contributed by atoms with van der Waals surface area (Å²) in [6.45, 7) is 6.04. The summed E-state index contributed by atoms with van der Waals surface area (Å²) in [4.78, 5) is 27.1. The standard InChI is InChI=1S/C23H29N3O2/c1-17-8-10-19(11-9-17)16-24-22(27)18(2)26-14-12-20(13-15-26)23(28)25-21-6-4-3-5-7-21/h3-11,18,20H,12-16H2,1-2H3,(H,24,27)(H,25,28)/t18-/m0/s1. The summed E-state index contributed by atoms with van der Waals surface area (Å²) in [7, 11) is 0. The highest BCUT2D eigenvalue weighted by molar-refractivity contribution is 5.92. The third kappa shape index (κ3) is 5.42. The molecule has 0 saturated carbocycles. The van der Waals surface area contributed by atoms with Crippen molar-refractivity contribution in [1.82, 2.24) is 10.2 Å². The number of aryl methyl sites for hydroxylation is 1. The van der Waals surface area contributed by atoms with Gasteiger partial charge < -0.3 is 10.6 Å². The number of nitrogens with zero attached hydrogens (tertiary/aromatic N) is 1. The van der Waals surface area contributed by atoms with Gasteiger partial charge in [-0.15, -0.1) is 0 Å². The number of para-hydroxylation sites is 1. The molecule has 2 amide bonds. The molecular formula is C23H29N3O2. The molecule has 0 bridgehead atoms. The Morgan fingerprint density at radius 2 is 1.68 bits per heavy atom. The number of amides is 2. The van der Waals surface area contributed by atoms with Crippen LogP contribution in [0, 0.1) is 12.8 Å². The Morgan fingerprint density at radius 3 is 2.32 bits per heavy atom. The number of rotatable bonds is 6. The van der Waals surface area contributed by atoms with Crippen molar-refractivity contribution in [3.63, 3.8) is 0 Å². The van der Waals surface area contributed by atoms with Crippen molar-refractivity contribution in [2.45, 2.75) is 39.3 Å². The van der Waals surface area contributed by atoms with Crippen molar-refractivity contribution < 1.29 is 9.59 Å². The van der Waals surface area contributed by atoms with Crippen molar-refractivity contribution in [3.05, 3.63) is 65.7 Å². The molecule has 5 nitrogen and oxygen atoms in total. The first kappa shape index (κ1) is 20.1. The molecule has 0 aliphatic carbocycles. The Labute approximate surface area is 167 Å². The van der Waals surface area contributed by atoms with Crippen LogP contribution < -0.4 is 10.6 Å². The van der Waals surface area contributed by atoms with Gasteiger partial charge in [0.05, 0.1) is 6.04 Å². The molecule has 2 N–H and O–H groups in total. The molecule has 3 rings (SSSR count). The lowest BCUT2D eigenvalue weighted by Crippen LogP contribution is -2.49. The summed E-state index contributed by atoms with van der Waals surface area (Å²) in [6, 6.07) is 17.5. The molecule has 1 heterocycles. The van der Waals surface area contributed by atoms with Crippen LogP contribution in [-0.2, 0) is 16.1 Å². The summed E-state index contributed by atoms with van der Waals surface area (Å²) in [5.41, 5.74) is 3.14. The van der Waals surface area contributed by atoms with Crippen LogP contribution in [-0.4, -0.2) is 35.8 Å². The van der Waals surface area contributed by atoms with E-state index in [2.05, 4.69) is 27.7 Å². The fraction of sp³-hybridized carbons (Fsp3) is 0.391. The Morgan fingerprint density at radius 1 is 1.04 bits per heavy atom. The van der Waals surface area contributed by atoms with Gasteiger partial charge in [0.2, 0.25) is 11.8 Å². The van der Waals surface area contributed by atoms with Gasteiger partial charge in [-0.3, -0.25) is 14.5 Å². The third-order valence-electron chi connectivity index (χ3n) is 5.46. The predicted molar refractivity (Wildman–Crippen MR) is 112 cm³/mol. The van der Waals surface area contributed by atoms with Gasteiger partial charge in [-0.1, -0.05) is 48.0 Å². The lowest BCUT2D eigenvalue weighted by Gasteiger charge is -2.34. The van der Waals surface area contributed by atoms with Gasteiger partial charge in [0.25, 0.3) is 0 Å². The largest absolute Gasteiger partial charge is 0.351 e. The fourth-order valence-electron chi connectivity index (χ4n) is 3.52. The van der Waals surface area contributed by atoms with Crippen molar-refractivity contribution in [1.29, 1.82) is 0 Å². The van der Waals surface area contributed by atoms with Crippen LogP contribution in [0.2, 0.25) is 0 Å². The minimum Gasteiger partial charge on any atom is -0.351 e. The lowest BCUT2D eigenvalue weighted by atomic mass is 9.94. The van der Waals surface area contributed by atoms with Gasteiger partial charge in [0.1, 0.15) is 0 Å². The van der Waals surface area contributed by atoms with E-state index >= 15 is 0 Å². The molecule has 0 radical (unpaired) electrons. The lowest BCUT2D eigenvalue weighted by molar-refractivity contribution is -0.127. The highest BCUT2D eigenvalue weighted by Crippen LogP contribution is 2.21. The van der Waals surface area contributed by atoms with Gasteiger partial charge in [-0.25, -0.2) is 0 Å². The summed E-state index contributed by atoms with van der Waals surface area (Å²) in [6.07, 6.45) is 1.54. The molecule has 1 atom stereocenters. The molecule has 2 aromatic carbocycles. The topological polar surface area (TPSA) is 61.4 Å². The number of hydrogen-bond donors (Lipinski definition) is 2. The van der Waals surface area contributed by atoms with Gasteiger partial charge in [0.15, 0.2) is 0 Å². The molecule has 1 aliphatic rings. The van der Waals surface area contributed by atoms with Crippen LogP contribution in [0.1, 0.15) is 30.9 Å². The molecule has 0 spiro atoms. The van der Waals surface area contributed by atoms with E-state index in [-0.39, 0.29) is 23.8 Å². The van der Waals surface area contributed by atoms with Gasteiger partial charge >= 0.3 is 0 Å². The molecule has 0 aromatic heterocycles. The van der Waals surface area contributed by atoms with E-state index in [9.17, 15) is 9.59 Å². The monoisotopic (exact) mass is 379 g/mol. The van der Waals surface area contributed by atoms with Crippen molar-refractivity contribution >= 4 is 17.5 Å². The van der Waals surface area contributed by atoms with Crippen LogP contribution >= 0.6 is 0 Å².